The van der Waals surface area contributed by atoms with Crippen LogP contribution in [0.2, 0.25) is 0 Å². The average Bonchev–Trinajstić information content (AvgIpc) is 3.25. The summed E-state index contributed by atoms with van der Waals surface area (Å²) < 4.78 is 19.3. The Kier molecular flexibility index (Phi) is 4.18. The highest BCUT2D eigenvalue weighted by Crippen LogP contribution is 2.25. The average molecular weight is 363 g/mol. The Bertz CT molecular complexity index is 1220. The van der Waals surface area contributed by atoms with Gasteiger partial charge in [0, 0.05) is 11.8 Å². The molecule has 0 aliphatic rings. The van der Waals surface area contributed by atoms with E-state index in [4.69, 9.17) is 4.42 Å². The van der Waals surface area contributed by atoms with Gasteiger partial charge in [0.2, 0.25) is 5.91 Å². The van der Waals surface area contributed by atoms with Crippen molar-refractivity contribution in [3.8, 4) is 11.3 Å². The summed E-state index contributed by atoms with van der Waals surface area (Å²) >= 11 is 0. The number of carbonyl (C=O) groups excluding carboxylic acids is 1. The van der Waals surface area contributed by atoms with E-state index in [2.05, 4.69) is 15.3 Å². The first-order valence-corrected chi connectivity index (χ1v) is 8.14. The van der Waals surface area contributed by atoms with Crippen LogP contribution in [0.5, 0.6) is 0 Å². The molecule has 134 valence electrons. The fraction of sp³-hybridized carbons (Fsp3) is 0. The number of rotatable bonds is 4. The van der Waals surface area contributed by atoms with E-state index in [1.807, 2.05) is 0 Å². The van der Waals surface area contributed by atoms with Gasteiger partial charge >= 0.3 is 5.69 Å². The van der Waals surface area contributed by atoms with Crippen molar-refractivity contribution in [2.75, 3.05) is 5.32 Å². The molecule has 0 radical (unpaired) electrons. The molecule has 0 bridgehead atoms. The van der Waals surface area contributed by atoms with Crippen LogP contribution < -0.4 is 11.0 Å². The molecule has 7 heteroatoms. The van der Waals surface area contributed by atoms with Gasteiger partial charge < -0.3 is 19.7 Å². The Morgan fingerprint density at radius 3 is 2.70 bits per heavy atom. The topological polar surface area (TPSA) is 90.9 Å². The number of furan rings is 1. The van der Waals surface area contributed by atoms with Gasteiger partial charge in [0.1, 0.15) is 17.3 Å². The summed E-state index contributed by atoms with van der Waals surface area (Å²) in [5, 5.41) is 2.70. The van der Waals surface area contributed by atoms with Crippen molar-refractivity contribution in [3.05, 3.63) is 82.7 Å². The van der Waals surface area contributed by atoms with E-state index in [1.54, 1.807) is 48.5 Å². The van der Waals surface area contributed by atoms with Crippen LogP contribution in [0.3, 0.4) is 0 Å². The SMILES string of the molecule is O=C(/C=C/c1ccc(-c2ccccc2F)o1)Nc1ccc2[nH]c(=O)[nH]c2c1. The summed E-state index contributed by atoms with van der Waals surface area (Å²) in [7, 11) is 0. The summed E-state index contributed by atoms with van der Waals surface area (Å²) in [6.07, 6.45) is 2.81. The van der Waals surface area contributed by atoms with Crippen LogP contribution in [0.4, 0.5) is 10.1 Å². The Morgan fingerprint density at radius 2 is 1.85 bits per heavy atom. The molecule has 4 aromatic rings. The summed E-state index contributed by atoms with van der Waals surface area (Å²) in [5.41, 5.74) is 1.85. The zero-order valence-corrected chi connectivity index (χ0v) is 14.0. The molecular weight excluding hydrogens is 349 g/mol. The van der Waals surface area contributed by atoms with E-state index >= 15 is 0 Å². The fourth-order valence-corrected chi connectivity index (χ4v) is 2.70. The lowest BCUT2D eigenvalue weighted by molar-refractivity contribution is -0.111. The number of imidazole rings is 1. The number of amides is 1. The van der Waals surface area contributed by atoms with Crippen LogP contribution >= 0.6 is 0 Å². The molecule has 0 saturated heterocycles. The summed E-state index contributed by atoms with van der Waals surface area (Å²) in [6, 6.07) is 14.6. The van der Waals surface area contributed by atoms with Crippen LogP contribution in [-0.2, 0) is 4.79 Å². The zero-order chi connectivity index (χ0) is 18.8. The quantitative estimate of drug-likeness (QED) is 0.480. The number of H-pyrrole nitrogens is 2. The highest BCUT2D eigenvalue weighted by atomic mass is 19.1. The van der Waals surface area contributed by atoms with Crippen LogP contribution in [0.25, 0.3) is 28.4 Å². The second-order valence-electron chi connectivity index (χ2n) is 5.84. The standard InChI is InChI=1S/C20H14FN3O3/c21-15-4-2-1-3-14(15)18-9-6-13(27-18)7-10-19(25)22-12-5-8-16-17(11-12)24-20(26)23-16/h1-11H,(H,22,25)(H2,23,24,26)/b10-7+. The van der Waals surface area contributed by atoms with Crippen LogP contribution in [-0.4, -0.2) is 15.9 Å². The number of fused-ring (bicyclic) bond motifs is 1. The van der Waals surface area contributed by atoms with Crippen LogP contribution in [0.1, 0.15) is 5.76 Å². The van der Waals surface area contributed by atoms with E-state index < -0.39 is 0 Å². The van der Waals surface area contributed by atoms with Gasteiger partial charge in [-0.25, -0.2) is 9.18 Å². The molecule has 0 aliphatic heterocycles. The van der Waals surface area contributed by atoms with Gasteiger partial charge in [-0.1, -0.05) is 12.1 Å². The molecule has 2 aromatic heterocycles. The highest BCUT2D eigenvalue weighted by molar-refractivity contribution is 6.02. The van der Waals surface area contributed by atoms with Crippen molar-refractivity contribution in [2.45, 2.75) is 0 Å². The van der Waals surface area contributed by atoms with Crippen molar-refractivity contribution in [1.29, 1.82) is 0 Å². The fourth-order valence-electron chi connectivity index (χ4n) is 2.70. The molecule has 0 spiro atoms. The third-order valence-corrected chi connectivity index (χ3v) is 3.95. The smallest absolute Gasteiger partial charge is 0.323 e. The molecule has 6 nitrogen and oxygen atoms in total. The van der Waals surface area contributed by atoms with E-state index in [1.165, 1.54) is 18.2 Å². The lowest BCUT2D eigenvalue weighted by Gasteiger charge is -2.01. The van der Waals surface area contributed by atoms with Gasteiger partial charge in [-0.2, -0.15) is 0 Å². The molecule has 27 heavy (non-hydrogen) atoms. The number of halogens is 1. The first-order valence-electron chi connectivity index (χ1n) is 8.14. The number of nitrogens with one attached hydrogen (secondary N) is 3. The van der Waals surface area contributed by atoms with Crippen molar-refractivity contribution < 1.29 is 13.6 Å². The molecule has 1 amide bonds. The molecule has 4 rings (SSSR count). The van der Waals surface area contributed by atoms with E-state index in [0.717, 1.165) is 0 Å². The maximum absolute atomic E-state index is 13.8. The number of benzene rings is 2. The van der Waals surface area contributed by atoms with Gasteiger partial charge in [0.15, 0.2) is 0 Å². The van der Waals surface area contributed by atoms with E-state index in [9.17, 15) is 14.0 Å². The van der Waals surface area contributed by atoms with Gasteiger partial charge in [-0.05, 0) is 48.5 Å². The van der Waals surface area contributed by atoms with E-state index in [0.29, 0.717) is 33.8 Å². The molecule has 0 unspecified atom stereocenters. The largest absolute Gasteiger partial charge is 0.457 e. The Morgan fingerprint density at radius 1 is 1.04 bits per heavy atom. The van der Waals surface area contributed by atoms with Gasteiger partial charge in [0.25, 0.3) is 0 Å². The molecule has 0 saturated carbocycles. The molecule has 0 fully saturated rings. The third kappa shape index (κ3) is 3.57. The predicted molar refractivity (Wildman–Crippen MR) is 101 cm³/mol. The van der Waals surface area contributed by atoms with Crippen LogP contribution in [0, 0.1) is 5.82 Å². The maximum Gasteiger partial charge on any atom is 0.323 e. The normalized spacial score (nSPS) is 11.3. The predicted octanol–water partition coefficient (Wildman–Crippen LogP) is 3.91. The minimum absolute atomic E-state index is 0.308. The van der Waals surface area contributed by atoms with Crippen molar-refractivity contribution in [2.24, 2.45) is 0 Å². The Hall–Kier alpha value is -3.87. The molecule has 0 atom stereocenters. The zero-order valence-electron chi connectivity index (χ0n) is 14.0. The molecule has 0 aliphatic carbocycles. The second-order valence-corrected chi connectivity index (χ2v) is 5.84. The molecule has 3 N–H and O–H groups in total. The number of aromatic nitrogens is 2. The molecular formula is C20H14FN3O3. The van der Waals surface area contributed by atoms with Gasteiger partial charge in [-0.15, -0.1) is 0 Å². The number of carbonyl (C=O) groups is 1. The maximum atomic E-state index is 13.8. The summed E-state index contributed by atoms with van der Waals surface area (Å²) in [4.78, 5) is 28.6. The lowest BCUT2D eigenvalue weighted by Crippen LogP contribution is -2.07. The van der Waals surface area contributed by atoms with Gasteiger partial charge in [0.05, 0.1) is 16.6 Å². The Labute approximate surface area is 152 Å². The first kappa shape index (κ1) is 16.6. The lowest BCUT2D eigenvalue weighted by atomic mass is 10.1. The highest BCUT2D eigenvalue weighted by Gasteiger charge is 2.08. The minimum Gasteiger partial charge on any atom is -0.457 e. The minimum atomic E-state index is -0.377. The van der Waals surface area contributed by atoms with Crippen LogP contribution in [0.15, 0.2) is 69.9 Å². The summed E-state index contributed by atoms with van der Waals surface area (Å²) in [6.45, 7) is 0. The Balaban J connectivity index is 1.47. The van der Waals surface area contributed by atoms with Crippen molar-refractivity contribution in [3.63, 3.8) is 0 Å². The first-order chi connectivity index (χ1) is 13.1. The summed E-state index contributed by atoms with van der Waals surface area (Å²) in [5.74, 6) is 0.0678. The monoisotopic (exact) mass is 363 g/mol. The molecule has 2 heterocycles. The van der Waals surface area contributed by atoms with Gasteiger partial charge in [-0.3, -0.25) is 4.79 Å². The van der Waals surface area contributed by atoms with E-state index in [-0.39, 0.29) is 17.4 Å². The number of anilines is 1. The number of aromatic amines is 2. The van der Waals surface area contributed by atoms with Crippen molar-refractivity contribution >= 4 is 28.7 Å². The van der Waals surface area contributed by atoms with Crippen molar-refractivity contribution in [1.82, 2.24) is 9.97 Å². The number of hydrogen-bond acceptors (Lipinski definition) is 3. The molecule has 2 aromatic carbocycles. The second kappa shape index (κ2) is 6.80. The number of hydrogen-bond donors (Lipinski definition) is 3. The third-order valence-electron chi connectivity index (χ3n) is 3.95.